The van der Waals surface area contributed by atoms with Gasteiger partial charge in [0.05, 0.1) is 24.7 Å². The first kappa shape index (κ1) is 18.4. The molecule has 0 N–H and O–H groups in total. The number of allylic oxidation sites excluding steroid dienone is 1. The molecule has 146 valence electrons. The van der Waals surface area contributed by atoms with Gasteiger partial charge in [-0.15, -0.1) is 6.58 Å². The lowest BCUT2D eigenvalue weighted by molar-refractivity contribution is 0.0950. The zero-order chi connectivity index (χ0) is 19.8. The first-order valence-electron chi connectivity index (χ1n) is 9.52. The summed E-state index contributed by atoms with van der Waals surface area (Å²) in [5.74, 6) is 0. The average Bonchev–Trinajstić information content (AvgIpc) is 3.31. The fourth-order valence-corrected chi connectivity index (χ4v) is 3.97. The molecule has 1 aromatic carbocycles. The largest absolute Gasteiger partial charge is 0.376 e. The summed E-state index contributed by atoms with van der Waals surface area (Å²) in [6, 6.07) is 5.86. The fourth-order valence-electron chi connectivity index (χ4n) is 3.97. The molecule has 7 heteroatoms. The van der Waals surface area contributed by atoms with Gasteiger partial charge in [0.1, 0.15) is 0 Å². The minimum atomic E-state index is -0.380. The molecule has 1 saturated heterocycles. The maximum atomic E-state index is 13.5. The summed E-state index contributed by atoms with van der Waals surface area (Å²) >= 11 is 0. The molecule has 7 nitrogen and oxygen atoms in total. The molecular weight excluding hydrogens is 356 g/mol. The van der Waals surface area contributed by atoms with E-state index in [9.17, 15) is 9.59 Å². The molecule has 1 fully saturated rings. The summed E-state index contributed by atoms with van der Waals surface area (Å²) in [6.07, 6.45) is 4.97. The van der Waals surface area contributed by atoms with Gasteiger partial charge < -0.3 is 9.30 Å². The van der Waals surface area contributed by atoms with Crippen molar-refractivity contribution >= 4 is 11.2 Å². The molecule has 2 aromatic heterocycles. The van der Waals surface area contributed by atoms with Gasteiger partial charge in [-0.25, -0.2) is 14.3 Å². The second-order valence-electron chi connectivity index (χ2n) is 7.27. The molecule has 3 aromatic rings. The van der Waals surface area contributed by atoms with Crippen molar-refractivity contribution < 1.29 is 4.74 Å². The Morgan fingerprint density at radius 1 is 1.29 bits per heavy atom. The minimum Gasteiger partial charge on any atom is -0.376 e. The van der Waals surface area contributed by atoms with Crippen LogP contribution in [0.15, 0.2) is 46.8 Å². The maximum absolute atomic E-state index is 13.5. The topological polar surface area (TPSA) is 71.1 Å². The van der Waals surface area contributed by atoms with Gasteiger partial charge in [0.2, 0.25) is 0 Å². The summed E-state index contributed by atoms with van der Waals surface area (Å²) in [5.41, 5.74) is 2.72. The third kappa shape index (κ3) is 2.92. The van der Waals surface area contributed by atoms with Crippen LogP contribution >= 0.6 is 0 Å². The van der Waals surface area contributed by atoms with E-state index in [0.717, 1.165) is 29.7 Å². The van der Waals surface area contributed by atoms with Gasteiger partial charge in [0, 0.05) is 13.2 Å². The van der Waals surface area contributed by atoms with Gasteiger partial charge in [-0.05, 0) is 37.8 Å². The van der Waals surface area contributed by atoms with E-state index in [2.05, 4.69) is 11.6 Å². The highest BCUT2D eigenvalue weighted by molar-refractivity contribution is 5.73. The van der Waals surface area contributed by atoms with Crippen LogP contribution in [-0.4, -0.2) is 31.4 Å². The van der Waals surface area contributed by atoms with Crippen molar-refractivity contribution in [1.82, 2.24) is 18.7 Å². The van der Waals surface area contributed by atoms with Gasteiger partial charge in [-0.3, -0.25) is 9.36 Å². The number of nitrogens with zero attached hydrogens (tertiary/aromatic N) is 4. The molecule has 0 radical (unpaired) electrons. The van der Waals surface area contributed by atoms with Crippen molar-refractivity contribution in [3.8, 4) is 5.69 Å². The first-order chi connectivity index (χ1) is 13.5. The summed E-state index contributed by atoms with van der Waals surface area (Å²) in [7, 11) is 0. The lowest BCUT2D eigenvalue weighted by atomic mass is 10.1. The lowest BCUT2D eigenvalue weighted by Gasteiger charge is -2.17. The molecule has 0 aliphatic carbocycles. The normalized spacial score (nSPS) is 16.7. The molecule has 0 saturated carbocycles. The van der Waals surface area contributed by atoms with Crippen LogP contribution in [0.5, 0.6) is 0 Å². The number of fused-ring (bicyclic) bond motifs is 1. The molecule has 1 atom stereocenters. The van der Waals surface area contributed by atoms with Crippen LogP contribution in [0.25, 0.3) is 16.9 Å². The summed E-state index contributed by atoms with van der Waals surface area (Å²) in [6.45, 7) is 9.03. The van der Waals surface area contributed by atoms with Crippen LogP contribution in [0.1, 0.15) is 24.0 Å². The van der Waals surface area contributed by atoms with E-state index in [1.807, 2.05) is 32.0 Å². The molecule has 1 aliphatic heterocycles. The van der Waals surface area contributed by atoms with Crippen molar-refractivity contribution in [3.63, 3.8) is 0 Å². The monoisotopic (exact) mass is 380 g/mol. The van der Waals surface area contributed by atoms with Crippen LogP contribution in [-0.2, 0) is 17.8 Å². The van der Waals surface area contributed by atoms with Crippen LogP contribution in [0.3, 0.4) is 0 Å². The van der Waals surface area contributed by atoms with E-state index in [-0.39, 0.29) is 23.9 Å². The summed E-state index contributed by atoms with van der Waals surface area (Å²) in [4.78, 5) is 31.1. The Bertz CT molecular complexity index is 1140. The van der Waals surface area contributed by atoms with Gasteiger partial charge >= 0.3 is 5.69 Å². The van der Waals surface area contributed by atoms with E-state index >= 15 is 0 Å². The Labute approximate surface area is 162 Å². The third-order valence-corrected chi connectivity index (χ3v) is 5.30. The van der Waals surface area contributed by atoms with E-state index in [1.54, 1.807) is 21.5 Å². The van der Waals surface area contributed by atoms with Gasteiger partial charge in [0.25, 0.3) is 5.56 Å². The number of para-hydroxylation sites is 1. The maximum Gasteiger partial charge on any atom is 0.337 e. The zero-order valence-electron chi connectivity index (χ0n) is 16.2. The number of ether oxygens (including phenoxy) is 1. The molecule has 0 bridgehead atoms. The second kappa shape index (κ2) is 7.24. The van der Waals surface area contributed by atoms with E-state index in [4.69, 9.17) is 4.74 Å². The van der Waals surface area contributed by atoms with E-state index in [0.29, 0.717) is 24.3 Å². The Kier molecular flexibility index (Phi) is 4.77. The molecule has 0 spiro atoms. The van der Waals surface area contributed by atoms with Crippen molar-refractivity contribution in [3.05, 3.63) is 69.1 Å². The Morgan fingerprint density at radius 2 is 2.04 bits per heavy atom. The fraction of sp³-hybridized carbons (Fsp3) is 0.381. The number of imidazole rings is 1. The predicted octanol–water partition coefficient (Wildman–Crippen LogP) is 2.33. The molecule has 1 aliphatic rings. The minimum absolute atomic E-state index is 0.120. The highest BCUT2D eigenvalue weighted by atomic mass is 16.5. The van der Waals surface area contributed by atoms with Crippen molar-refractivity contribution in [2.75, 3.05) is 6.61 Å². The van der Waals surface area contributed by atoms with Crippen molar-refractivity contribution in [2.24, 2.45) is 0 Å². The van der Waals surface area contributed by atoms with Crippen molar-refractivity contribution in [2.45, 2.75) is 45.9 Å². The number of rotatable bonds is 5. The Morgan fingerprint density at radius 3 is 2.68 bits per heavy atom. The van der Waals surface area contributed by atoms with E-state index in [1.165, 1.54) is 4.57 Å². The SMILES string of the molecule is C=CCn1cnc2c1c(=O)n(C[C@@H]1CCCO1)c(=O)n2-c1c(C)cccc1C. The number of aryl methyl sites for hydroxylation is 2. The van der Waals surface area contributed by atoms with Gasteiger partial charge in [-0.2, -0.15) is 0 Å². The third-order valence-electron chi connectivity index (χ3n) is 5.30. The second-order valence-corrected chi connectivity index (χ2v) is 7.27. The Hall–Kier alpha value is -2.93. The standard InChI is InChI=1S/C21H24N4O3/c1-4-10-23-13-22-19-18(23)20(26)24(12-16-9-6-11-28-16)21(27)25(19)17-14(2)7-5-8-15(17)3/h4-5,7-8,13,16H,1,6,9-12H2,2-3H3/t16-/m0/s1. The number of benzene rings is 1. The summed E-state index contributed by atoms with van der Waals surface area (Å²) < 4.78 is 10.3. The number of hydrogen-bond acceptors (Lipinski definition) is 4. The van der Waals surface area contributed by atoms with Crippen LogP contribution in [0.4, 0.5) is 0 Å². The number of aromatic nitrogens is 4. The molecule has 3 heterocycles. The average molecular weight is 380 g/mol. The smallest absolute Gasteiger partial charge is 0.337 e. The van der Waals surface area contributed by atoms with Crippen LogP contribution in [0.2, 0.25) is 0 Å². The highest BCUT2D eigenvalue weighted by Gasteiger charge is 2.24. The van der Waals surface area contributed by atoms with Gasteiger partial charge in [-0.1, -0.05) is 24.3 Å². The molecule has 28 heavy (non-hydrogen) atoms. The molecule has 0 amide bonds. The van der Waals surface area contributed by atoms with Gasteiger partial charge in [0.15, 0.2) is 11.2 Å². The van der Waals surface area contributed by atoms with Crippen LogP contribution in [0, 0.1) is 13.8 Å². The molecule has 4 rings (SSSR count). The molecular formula is C21H24N4O3. The predicted molar refractivity (Wildman–Crippen MR) is 108 cm³/mol. The van der Waals surface area contributed by atoms with Crippen LogP contribution < -0.4 is 11.2 Å². The lowest BCUT2D eigenvalue weighted by Crippen LogP contribution is -2.42. The molecule has 0 unspecified atom stereocenters. The first-order valence-corrected chi connectivity index (χ1v) is 9.52. The summed E-state index contributed by atoms with van der Waals surface area (Å²) in [5, 5.41) is 0. The Balaban J connectivity index is 2.07. The zero-order valence-corrected chi connectivity index (χ0v) is 16.2. The quantitative estimate of drug-likeness (QED) is 0.637. The number of hydrogen-bond donors (Lipinski definition) is 0. The highest BCUT2D eigenvalue weighted by Crippen LogP contribution is 2.21. The van der Waals surface area contributed by atoms with Crippen molar-refractivity contribution in [1.29, 1.82) is 0 Å². The van der Waals surface area contributed by atoms with E-state index < -0.39 is 0 Å².